The summed E-state index contributed by atoms with van der Waals surface area (Å²) in [5.41, 5.74) is 24.4. The molecule has 12 N–H and O–H groups in total. The molecule has 0 amide bonds. The smallest absolute Gasteiger partial charge is 0.189 e. The van der Waals surface area contributed by atoms with Crippen LogP contribution in [0.5, 0.6) is 0 Å². The van der Waals surface area contributed by atoms with Crippen LogP contribution in [0.25, 0.3) is 0 Å². The van der Waals surface area contributed by atoms with Gasteiger partial charge in [0.2, 0.25) is 0 Å². The standard InChI is InChI=1S/C21H41N5O8/c1-7-13(25)15(27)17(29)21(30-7)34-20-14(26-2)16(28)18-12(32-20)6-10(24)19(33-18)31-11-4-3-8(22)5-9(11)23/h7-21,26-29H,3-6,22-25H2,1-2H3/t7?,8-,9?,10?,11-,12-,13+,14?,15?,16?,17-,18?,19-,20?,21?/m0/s1. The fourth-order valence-electron chi connectivity index (χ4n) is 5.32. The molecule has 0 spiro atoms. The van der Waals surface area contributed by atoms with Gasteiger partial charge in [-0.1, -0.05) is 0 Å². The number of hydrogen-bond acceptors (Lipinski definition) is 13. The molecule has 3 aliphatic heterocycles. The SMILES string of the molecule is CNC1C(OC2OC(C)[C@@H](N)C(O)[C@@H]2O)O[C@H]2CC(N)[C@@H](O[C@H]3CC[C@H](N)CC3N)OC2C1O. The lowest BCUT2D eigenvalue weighted by Crippen LogP contribution is -2.69. The molecule has 34 heavy (non-hydrogen) atoms. The number of nitrogens with two attached hydrogens (primary N) is 4. The molecule has 0 aromatic rings. The van der Waals surface area contributed by atoms with Crippen LogP contribution in [0.15, 0.2) is 0 Å². The van der Waals surface area contributed by atoms with Crippen LogP contribution in [0.3, 0.4) is 0 Å². The van der Waals surface area contributed by atoms with Gasteiger partial charge >= 0.3 is 0 Å². The minimum atomic E-state index is -1.38. The van der Waals surface area contributed by atoms with Crippen LogP contribution in [-0.2, 0) is 23.7 Å². The summed E-state index contributed by atoms with van der Waals surface area (Å²) < 4.78 is 29.8. The van der Waals surface area contributed by atoms with Crippen molar-refractivity contribution in [1.29, 1.82) is 0 Å². The molecule has 1 aliphatic carbocycles. The summed E-state index contributed by atoms with van der Waals surface area (Å²) in [6, 6.07) is -2.13. The maximum Gasteiger partial charge on any atom is 0.189 e. The molecule has 3 saturated heterocycles. The van der Waals surface area contributed by atoms with Crippen LogP contribution in [0, 0.1) is 0 Å². The molecule has 13 heteroatoms. The highest BCUT2D eigenvalue weighted by atomic mass is 16.8. The van der Waals surface area contributed by atoms with Crippen molar-refractivity contribution in [2.75, 3.05) is 7.05 Å². The van der Waals surface area contributed by atoms with Gasteiger partial charge in [0.1, 0.15) is 24.4 Å². The molecular weight excluding hydrogens is 450 g/mol. The number of hydrogen-bond donors (Lipinski definition) is 8. The fraction of sp³-hybridized carbons (Fsp3) is 1.00. The van der Waals surface area contributed by atoms with E-state index >= 15 is 0 Å². The van der Waals surface area contributed by atoms with E-state index in [1.54, 1.807) is 14.0 Å². The number of nitrogens with one attached hydrogen (secondary N) is 1. The van der Waals surface area contributed by atoms with Crippen LogP contribution >= 0.6 is 0 Å². The third-order valence-corrected chi connectivity index (χ3v) is 7.52. The summed E-state index contributed by atoms with van der Waals surface area (Å²) in [5, 5.41) is 34.7. The third-order valence-electron chi connectivity index (χ3n) is 7.52. The first-order valence-electron chi connectivity index (χ1n) is 12.1. The first kappa shape index (κ1) is 26.5. The van der Waals surface area contributed by atoms with Gasteiger partial charge in [0.25, 0.3) is 0 Å². The van der Waals surface area contributed by atoms with Gasteiger partial charge in [-0.3, -0.25) is 0 Å². The summed E-state index contributed by atoms with van der Waals surface area (Å²) in [6.07, 6.45) is -6.13. The van der Waals surface area contributed by atoms with Crippen molar-refractivity contribution >= 4 is 0 Å². The average molecular weight is 492 g/mol. The molecule has 4 rings (SSSR count). The molecule has 0 radical (unpaired) electrons. The Morgan fingerprint density at radius 1 is 0.794 bits per heavy atom. The highest BCUT2D eigenvalue weighted by Crippen LogP contribution is 2.35. The number of rotatable bonds is 5. The second-order valence-electron chi connectivity index (χ2n) is 10.0. The Hall–Kier alpha value is -0.520. The summed E-state index contributed by atoms with van der Waals surface area (Å²) in [7, 11) is 1.65. The van der Waals surface area contributed by atoms with Gasteiger partial charge in [-0.2, -0.15) is 0 Å². The fourth-order valence-corrected chi connectivity index (χ4v) is 5.32. The van der Waals surface area contributed by atoms with E-state index in [0.29, 0.717) is 12.8 Å². The Bertz CT molecular complexity index is 679. The van der Waals surface area contributed by atoms with E-state index < -0.39 is 73.6 Å². The number of likely N-dealkylation sites (N-methyl/N-ethyl adjacent to an activating group) is 1. The van der Waals surface area contributed by atoms with Crippen LogP contribution in [0.4, 0.5) is 0 Å². The second kappa shape index (κ2) is 10.8. The Balaban J connectivity index is 1.41. The molecule has 4 fully saturated rings. The van der Waals surface area contributed by atoms with E-state index in [1.165, 1.54) is 0 Å². The molecule has 15 atom stereocenters. The molecule has 198 valence electrons. The quantitative estimate of drug-likeness (QED) is 0.185. The predicted octanol–water partition coefficient (Wildman–Crippen LogP) is -3.86. The number of ether oxygens (including phenoxy) is 5. The first-order valence-corrected chi connectivity index (χ1v) is 12.1. The van der Waals surface area contributed by atoms with Gasteiger partial charge in [0, 0.05) is 12.1 Å². The van der Waals surface area contributed by atoms with E-state index in [-0.39, 0.29) is 18.2 Å². The van der Waals surface area contributed by atoms with Crippen molar-refractivity contribution in [3.8, 4) is 0 Å². The number of aliphatic hydroxyl groups excluding tert-OH is 3. The zero-order chi connectivity index (χ0) is 24.7. The summed E-state index contributed by atoms with van der Waals surface area (Å²) >= 11 is 0. The summed E-state index contributed by atoms with van der Waals surface area (Å²) in [5.74, 6) is 0. The lowest BCUT2D eigenvalue weighted by Gasteiger charge is -2.51. The molecule has 4 aliphatic rings. The van der Waals surface area contributed by atoms with Crippen LogP contribution in [0.2, 0.25) is 0 Å². The lowest BCUT2D eigenvalue weighted by atomic mass is 9.88. The van der Waals surface area contributed by atoms with Crippen molar-refractivity contribution in [1.82, 2.24) is 5.32 Å². The van der Waals surface area contributed by atoms with Crippen molar-refractivity contribution in [2.24, 2.45) is 22.9 Å². The minimum absolute atomic E-state index is 0.0635. The average Bonchev–Trinajstić information content (AvgIpc) is 2.79. The predicted molar refractivity (Wildman–Crippen MR) is 119 cm³/mol. The summed E-state index contributed by atoms with van der Waals surface area (Å²) in [6.45, 7) is 1.68. The van der Waals surface area contributed by atoms with Crippen molar-refractivity contribution in [3.63, 3.8) is 0 Å². The van der Waals surface area contributed by atoms with Crippen LogP contribution in [0.1, 0.15) is 32.6 Å². The van der Waals surface area contributed by atoms with E-state index in [0.717, 1.165) is 12.8 Å². The molecule has 0 aromatic heterocycles. The zero-order valence-corrected chi connectivity index (χ0v) is 19.7. The van der Waals surface area contributed by atoms with E-state index in [2.05, 4.69) is 5.32 Å². The highest BCUT2D eigenvalue weighted by molar-refractivity contribution is 5.00. The Labute approximate surface area is 199 Å². The Morgan fingerprint density at radius 2 is 1.53 bits per heavy atom. The first-order chi connectivity index (χ1) is 16.1. The molecule has 3 heterocycles. The van der Waals surface area contributed by atoms with Crippen LogP contribution in [-0.4, -0.2) is 114 Å². The monoisotopic (exact) mass is 491 g/mol. The highest BCUT2D eigenvalue weighted by Gasteiger charge is 2.53. The molecule has 0 aromatic carbocycles. The van der Waals surface area contributed by atoms with Gasteiger partial charge in [-0.05, 0) is 39.7 Å². The molecule has 0 bridgehead atoms. The lowest BCUT2D eigenvalue weighted by molar-refractivity contribution is -0.369. The van der Waals surface area contributed by atoms with Gasteiger partial charge in [0.15, 0.2) is 18.9 Å². The zero-order valence-electron chi connectivity index (χ0n) is 19.7. The van der Waals surface area contributed by atoms with E-state index in [9.17, 15) is 15.3 Å². The normalized spacial score (nSPS) is 54.4. The third kappa shape index (κ3) is 5.27. The molecule has 1 saturated carbocycles. The van der Waals surface area contributed by atoms with Gasteiger partial charge in [-0.15, -0.1) is 0 Å². The van der Waals surface area contributed by atoms with Crippen LogP contribution < -0.4 is 28.3 Å². The van der Waals surface area contributed by atoms with E-state index in [1.807, 2.05) is 0 Å². The second-order valence-corrected chi connectivity index (χ2v) is 10.0. The Morgan fingerprint density at radius 3 is 2.21 bits per heavy atom. The largest absolute Gasteiger partial charge is 0.388 e. The molecule has 13 nitrogen and oxygen atoms in total. The summed E-state index contributed by atoms with van der Waals surface area (Å²) in [4.78, 5) is 0. The maximum absolute atomic E-state index is 11.1. The van der Waals surface area contributed by atoms with Crippen molar-refractivity contribution in [3.05, 3.63) is 0 Å². The number of fused-ring (bicyclic) bond motifs is 1. The van der Waals surface area contributed by atoms with Gasteiger partial charge in [0.05, 0.1) is 36.4 Å². The maximum atomic E-state index is 11.1. The molecular formula is C21H41N5O8. The van der Waals surface area contributed by atoms with Crippen molar-refractivity contribution < 1.29 is 39.0 Å². The Kier molecular flexibility index (Phi) is 8.47. The topological polar surface area (TPSA) is 223 Å². The van der Waals surface area contributed by atoms with Gasteiger partial charge < -0.3 is 67.3 Å². The molecule has 9 unspecified atom stereocenters. The van der Waals surface area contributed by atoms with E-state index in [4.69, 9.17) is 46.6 Å². The minimum Gasteiger partial charge on any atom is -0.388 e. The number of aliphatic hydroxyl groups is 3. The van der Waals surface area contributed by atoms with Gasteiger partial charge in [-0.25, -0.2) is 0 Å². The van der Waals surface area contributed by atoms with Crippen molar-refractivity contribution in [2.45, 2.75) is 124 Å².